The monoisotopic (exact) mass is 525 g/mol. The number of hydrogen-bond donors (Lipinski definition) is 0. The highest BCUT2D eigenvalue weighted by Gasteiger charge is 2.13. The second-order valence-electron chi connectivity index (χ2n) is 10.00. The van der Waals surface area contributed by atoms with E-state index in [2.05, 4.69) is 156 Å². The minimum absolute atomic E-state index is 1.01. The fourth-order valence-corrected chi connectivity index (χ4v) is 7.06. The average molecular weight is 526 g/mol. The number of hydrogen-bond acceptors (Lipinski definition) is 1. The minimum atomic E-state index is 1.01. The number of thiophene rings is 1. The molecule has 6 aromatic carbocycles. The van der Waals surface area contributed by atoms with Gasteiger partial charge >= 0.3 is 0 Å². The molecule has 1 nitrogen and oxygen atoms in total. The van der Waals surface area contributed by atoms with Crippen LogP contribution in [0.25, 0.3) is 58.8 Å². The van der Waals surface area contributed by atoms with Crippen LogP contribution in [0.1, 0.15) is 11.1 Å². The summed E-state index contributed by atoms with van der Waals surface area (Å²) in [6.45, 7) is 0. The molecular weight excluding hydrogens is 502 g/mol. The number of benzene rings is 6. The summed E-state index contributed by atoms with van der Waals surface area (Å²) in [5.74, 6) is 7.02. The molecule has 0 N–H and O–H groups in total. The molecule has 0 fully saturated rings. The molecular formula is C38H23NS. The highest BCUT2D eigenvalue weighted by Crippen LogP contribution is 2.40. The van der Waals surface area contributed by atoms with Crippen LogP contribution in [0.3, 0.4) is 0 Å². The Morgan fingerprint density at radius 1 is 0.475 bits per heavy atom. The Hall–Kier alpha value is -5.10. The van der Waals surface area contributed by atoms with E-state index in [1.54, 1.807) is 0 Å². The summed E-state index contributed by atoms with van der Waals surface area (Å²) in [6, 6.07) is 49.6. The Kier molecular flexibility index (Phi) is 5.30. The zero-order valence-electron chi connectivity index (χ0n) is 21.6. The topological polar surface area (TPSA) is 4.93 Å². The molecule has 0 saturated carbocycles. The molecule has 0 saturated heterocycles. The molecule has 2 aromatic heterocycles. The molecule has 2 heteroatoms. The lowest BCUT2D eigenvalue weighted by Crippen LogP contribution is -1.92. The molecule has 0 bridgehead atoms. The molecule has 0 unspecified atom stereocenters. The van der Waals surface area contributed by atoms with Crippen molar-refractivity contribution in [3.8, 4) is 28.7 Å². The lowest BCUT2D eigenvalue weighted by atomic mass is 9.98. The molecule has 0 aliphatic rings. The van der Waals surface area contributed by atoms with Crippen molar-refractivity contribution in [2.75, 3.05) is 0 Å². The zero-order valence-corrected chi connectivity index (χ0v) is 22.5. The predicted molar refractivity (Wildman–Crippen MR) is 172 cm³/mol. The first-order chi connectivity index (χ1) is 19.8. The van der Waals surface area contributed by atoms with Crippen molar-refractivity contribution in [2.45, 2.75) is 0 Å². The van der Waals surface area contributed by atoms with E-state index in [-0.39, 0.29) is 0 Å². The van der Waals surface area contributed by atoms with Crippen LogP contribution in [0.15, 0.2) is 140 Å². The summed E-state index contributed by atoms with van der Waals surface area (Å²) in [5, 5.41) is 5.08. The summed E-state index contributed by atoms with van der Waals surface area (Å²) in [6.07, 6.45) is 0. The Morgan fingerprint density at radius 2 is 1.18 bits per heavy atom. The van der Waals surface area contributed by atoms with Crippen LogP contribution >= 0.6 is 11.3 Å². The normalized spacial score (nSPS) is 11.3. The van der Waals surface area contributed by atoms with E-state index in [1.807, 2.05) is 11.3 Å². The van der Waals surface area contributed by atoms with Crippen molar-refractivity contribution < 1.29 is 0 Å². The molecule has 186 valence electrons. The van der Waals surface area contributed by atoms with Crippen molar-refractivity contribution in [2.24, 2.45) is 0 Å². The first kappa shape index (κ1) is 22.8. The molecule has 0 spiro atoms. The molecule has 8 aromatic rings. The Balaban J connectivity index is 1.27. The van der Waals surface area contributed by atoms with Gasteiger partial charge in [-0.25, -0.2) is 0 Å². The maximum Gasteiger partial charge on any atom is 0.0541 e. The maximum atomic E-state index is 3.53. The van der Waals surface area contributed by atoms with Crippen molar-refractivity contribution in [3.63, 3.8) is 0 Å². The smallest absolute Gasteiger partial charge is 0.0541 e. The van der Waals surface area contributed by atoms with Gasteiger partial charge in [0.05, 0.1) is 11.0 Å². The van der Waals surface area contributed by atoms with E-state index >= 15 is 0 Å². The molecule has 0 aliphatic carbocycles. The molecule has 8 rings (SSSR count). The van der Waals surface area contributed by atoms with Gasteiger partial charge in [-0.1, -0.05) is 103 Å². The lowest BCUT2D eigenvalue weighted by Gasteiger charge is -2.07. The SMILES string of the molecule is C(#Cc1ccccc1-c1cccc2c1sc1ccccc12)c1ccc2c(c1)c1ccccc1n2-c1ccccc1. The second kappa shape index (κ2) is 9.27. The van der Waals surface area contributed by atoms with E-state index in [9.17, 15) is 0 Å². The van der Waals surface area contributed by atoms with Crippen LogP contribution in [0.2, 0.25) is 0 Å². The summed E-state index contributed by atoms with van der Waals surface area (Å²) < 4.78 is 4.97. The van der Waals surface area contributed by atoms with E-state index < -0.39 is 0 Å². The number of rotatable bonds is 2. The zero-order chi connectivity index (χ0) is 26.5. The summed E-state index contributed by atoms with van der Waals surface area (Å²) in [5.41, 5.74) is 8.03. The van der Waals surface area contributed by atoms with Gasteiger partial charge in [-0.15, -0.1) is 11.3 Å². The molecule has 0 radical (unpaired) electrons. The summed E-state index contributed by atoms with van der Waals surface area (Å²) in [4.78, 5) is 0. The van der Waals surface area contributed by atoms with Crippen LogP contribution < -0.4 is 0 Å². The van der Waals surface area contributed by atoms with Gasteiger partial charge < -0.3 is 4.57 Å². The Labute approximate surface area is 236 Å². The number of fused-ring (bicyclic) bond motifs is 6. The fraction of sp³-hybridized carbons (Fsp3) is 0. The molecule has 0 aliphatic heterocycles. The second-order valence-corrected chi connectivity index (χ2v) is 11.0. The Bertz CT molecular complexity index is 2270. The highest BCUT2D eigenvalue weighted by molar-refractivity contribution is 7.26. The largest absolute Gasteiger partial charge is 0.309 e. The molecule has 2 heterocycles. The first-order valence-electron chi connectivity index (χ1n) is 13.5. The van der Waals surface area contributed by atoms with Gasteiger partial charge in [0.15, 0.2) is 0 Å². The third-order valence-corrected chi connectivity index (χ3v) is 8.87. The first-order valence-corrected chi connectivity index (χ1v) is 14.3. The number of nitrogens with zero attached hydrogens (tertiary/aromatic N) is 1. The third kappa shape index (κ3) is 3.64. The van der Waals surface area contributed by atoms with Crippen LogP contribution in [-0.4, -0.2) is 4.57 Å². The van der Waals surface area contributed by atoms with Gasteiger partial charge in [0, 0.05) is 53.3 Å². The van der Waals surface area contributed by atoms with E-state index in [4.69, 9.17) is 0 Å². The van der Waals surface area contributed by atoms with E-state index in [0.29, 0.717) is 0 Å². The third-order valence-electron chi connectivity index (χ3n) is 7.65. The van der Waals surface area contributed by atoms with Crippen molar-refractivity contribution in [3.05, 3.63) is 151 Å². The van der Waals surface area contributed by atoms with Crippen LogP contribution in [-0.2, 0) is 0 Å². The van der Waals surface area contributed by atoms with Crippen LogP contribution in [0.4, 0.5) is 0 Å². The summed E-state index contributed by atoms with van der Waals surface area (Å²) >= 11 is 1.86. The highest BCUT2D eigenvalue weighted by atomic mass is 32.1. The van der Waals surface area contributed by atoms with Gasteiger partial charge in [-0.2, -0.15) is 0 Å². The predicted octanol–water partition coefficient (Wildman–Crippen LogP) is 10.2. The van der Waals surface area contributed by atoms with Gasteiger partial charge in [0.2, 0.25) is 0 Å². The van der Waals surface area contributed by atoms with Gasteiger partial charge in [-0.05, 0) is 54.1 Å². The number of para-hydroxylation sites is 2. The molecule has 0 amide bonds. The van der Waals surface area contributed by atoms with Crippen molar-refractivity contribution >= 4 is 53.3 Å². The standard InChI is InChI=1S/C38H23NS/c1-2-12-28(13-3-1)39-35-19-8-6-15-30(35)34-25-26(22-24-36(34)39)21-23-27-11-4-5-14-29(27)32-17-10-18-33-31-16-7-9-20-37(31)40-38(32)33/h1-20,22,24-25H. The van der Waals surface area contributed by atoms with E-state index in [0.717, 1.165) is 16.8 Å². The van der Waals surface area contributed by atoms with Gasteiger partial charge in [0.25, 0.3) is 0 Å². The quantitative estimate of drug-likeness (QED) is 0.198. The van der Waals surface area contributed by atoms with Gasteiger partial charge in [0.1, 0.15) is 0 Å². The summed E-state index contributed by atoms with van der Waals surface area (Å²) in [7, 11) is 0. The maximum absolute atomic E-state index is 3.53. The van der Waals surface area contributed by atoms with E-state index in [1.165, 1.54) is 53.1 Å². The van der Waals surface area contributed by atoms with Crippen LogP contribution in [0.5, 0.6) is 0 Å². The fourth-order valence-electron chi connectivity index (χ4n) is 5.83. The molecule has 0 atom stereocenters. The molecule has 40 heavy (non-hydrogen) atoms. The van der Waals surface area contributed by atoms with Crippen molar-refractivity contribution in [1.29, 1.82) is 0 Å². The lowest BCUT2D eigenvalue weighted by molar-refractivity contribution is 1.18. The van der Waals surface area contributed by atoms with Crippen LogP contribution in [0, 0.1) is 11.8 Å². The van der Waals surface area contributed by atoms with Gasteiger partial charge in [-0.3, -0.25) is 0 Å². The van der Waals surface area contributed by atoms with Crippen molar-refractivity contribution in [1.82, 2.24) is 4.57 Å². The minimum Gasteiger partial charge on any atom is -0.309 e. The average Bonchev–Trinajstić information content (AvgIpc) is 3.56. The Morgan fingerprint density at radius 3 is 2.10 bits per heavy atom. The number of aromatic nitrogens is 1.